The fourth-order valence-electron chi connectivity index (χ4n) is 3.42. The smallest absolute Gasteiger partial charge is 0.157 e. The summed E-state index contributed by atoms with van der Waals surface area (Å²) in [6, 6.07) is 9.91. The van der Waals surface area contributed by atoms with Gasteiger partial charge in [0, 0.05) is 6.07 Å². The first-order valence-corrected chi connectivity index (χ1v) is 11.5. The Morgan fingerprint density at radius 1 is 0.625 bits per heavy atom. The van der Waals surface area contributed by atoms with Crippen LogP contribution in [0.25, 0.3) is 0 Å². The number of carbonyl (C=O) groups is 1. The minimum Gasteiger partial charge on any atom is -0.497 e. The van der Waals surface area contributed by atoms with Crippen LogP contribution in [0, 0.1) is 0 Å². The van der Waals surface area contributed by atoms with Crippen molar-refractivity contribution in [3.05, 3.63) is 47.0 Å². The molecule has 0 saturated carbocycles. The summed E-state index contributed by atoms with van der Waals surface area (Å²) in [6.45, 7) is 4.39. The van der Waals surface area contributed by atoms with E-state index < -0.39 is 0 Å². The molecule has 0 amide bonds. The van der Waals surface area contributed by atoms with Crippen LogP contribution < -0.4 is 18.9 Å². The number of aldehydes is 1. The van der Waals surface area contributed by atoms with Crippen molar-refractivity contribution in [3.63, 3.8) is 0 Å². The number of methoxy groups -OCH3 is 4. The fraction of sp³-hybridized carbons (Fsp3) is 0.519. The highest BCUT2D eigenvalue weighted by atomic mass is 16.5. The van der Waals surface area contributed by atoms with Crippen molar-refractivity contribution in [2.24, 2.45) is 0 Å². The number of benzene rings is 2. The molecule has 0 aliphatic heterocycles. The molecule has 2 aromatic carbocycles. The topological polar surface area (TPSA) is 54.0 Å². The first-order valence-electron chi connectivity index (χ1n) is 11.5. The molecule has 0 fully saturated rings. The van der Waals surface area contributed by atoms with Gasteiger partial charge in [0.05, 0.1) is 34.0 Å². The summed E-state index contributed by atoms with van der Waals surface area (Å²) in [5.74, 6) is 2.93. The molecule has 0 aliphatic rings. The van der Waals surface area contributed by atoms with Crippen molar-refractivity contribution in [2.75, 3.05) is 28.4 Å². The Balaban J connectivity index is 0.000000323. The van der Waals surface area contributed by atoms with Gasteiger partial charge >= 0.3 is 0 Å². The van der Waals surface area contributed by atoms with Gasteiger partial charge in [-0.05, 0) is 61.1 Å². The summed E-state index contributed by atoms with van der Waals surface area (Å²) < 4.78 is 20.9. The average molecular weight is 445 g/mol. The van der Waals surface area contributed by atoms with Gasteiger partial charge in [0.1, 0.15) is 23.0 Å². The number of hydrogen-bond acceptors (Lipinski definition) is 5. The third-order valence-corrected chi connectivity index (χ3v) is 5.27. The molecule has 0 unspecified atom stereocenters. The molecule has 5 heteroatoms. The molecule has 32 heavy (non-hydrogen) atoms. The van der Waals surface area contributed by atoms with E-state index in [0.29, 0.717) is 17.1 Å². The number of unbranched alkanes of at least 4 members (excludes halogenated alkanes) is 4. The maximum Gasteiger partial charge on any atom is 0.157 e. The second kappa shape index (κ2) is 16.0. The summed E-state index contributed by atoms with van der Waals surface area (Å²) >= 11 is 0. The van der Waals surface area contributed by atoms with Crippen LogP contribution in [0.2, 0.25) is 0 Å². The molecule has 0 saturated heterocycles. The molecule has 0 radical (unpaired) electrons. The Bertz CT molecular complexity index is 753. The third kappa shape index (κ3) is 9.21. The monoisotopic (exact) mass is 444 g/mol. The Labute approximate surface area is 194 Å². The van der Waals surface area contributed by atoms with Crippen molar-refractivity contribution < 1.29 is 23.7 Å². The van der Waals surface area contributed by atoms with Crippen LogP contribution in [-0.2, 0) is 12.8 Å². The lowest BCUT2D eigenvalue weighted by Gasteiger charge is -2.11. The van der Waals surface area contributed by atoms with Crippen molar-refractivity contribution in [1.29, 1.82) is 0 Å². The van der Waals surface area contributed by atoms with Gasteiger partial charge in [-0.15, -0.1) is 0 Å². The maximum absolute atomic E-state index is 11.0. The summed E-state index contributed by atoms with van der Waals surface area (Å²) in [5.41, 5.74) is 2.92. The highest BCUT2D eigenvalue weighted by Gasteiger charge is 2.11. The van der Waals surface area contributed by atoms with Gasteiger partial charge in [-0.1, -0.05) is 39.5 Å². The molecular weight excluding hydrogens is 404 g/mol. The third-order valence-electron chi connectivity index (χ3n) is 5.27. The number of rotatable bonds is 13. The molecule has 5 nitrogen and oxygen atoms in total. The van der Waals surface area contributed by atoms with Crippen molar-refractivity contribution in [3.8, 4) is 23.0 Å². The van der Waals surface area contributed by atoms with Gasteiger partial charge in [-0.25, -0.2) is 0 Å². The zero-order valence-corrected chi connectivity index (χ0v) is 20.7. The molecule has 0 spiro atoms. The lowest BCUT2D eigenvalue weighted by Crippen LogP contribution is -1.98. The molecule has 0 heterocycles. The van der Waals surface area contributed by atoms with Crippen LogP contribution >= 0.6 is 0 Å². The first kappa shape index (κ1) is 27.3. The summed E-state index contributed by atoms with van der Waals surface area (Å²) in [5, 5.41) is 0. The minimum atomic E-state index is 0.481. The quantitative estimate of drug-likeness (QED) is 0.255. The molecule has 0 aromatic heterocycles. The van der Waals surface area contributed by atoms with E-state index in [1.807, 2.05) is 18.2 Å². The van der Waals surface area contributed by atoms with Crippen molar-refractivity contribution >= 4 is 6.29 Å². The normalized spacial score (nSPS) is 10.1. The molecule has 0 atom stereocenters. The van der Waals surface area contributed by atoms with Gasteiger partial charge in [0.25, 0.3) is 0 Å². The fourth-order valence-corrected chi connectivity index (χ4v) is 3.42. The minimum absolute atomic E-state index is 0.481. The molecule has 0 N–H and O–H groups in total. The van der Waals surface area contributed by atoms with E-state index in [-0.39, 0.29) is 0 Å². The zero-order chi connectivity index (χ0) is 23.8. The van der Waals surface area contributed by atoms with Crippen LogP contribution in [-0.4, -0.2) is 34.7 Å². The van der Waals surface area contributed by atoms with Crippen molar-refractivity contribution in [1.82, 2.24) is 0 Å². The molecule has 0 aliphatic carbocycles. The van der Waals surface area contributed by atoms with Crippen LogP contribution in [0.5, 0.6) is 23.0 Å². The lowest BCUT2D eigenvalue weighted by molar-refractivity contribution is 0.111. The molecule has 0 bridgehead atoms. The van der Waals surface area contributed by atoms with E-state index in [4.69, 9.17) is 18.9 Å². The maximum atomic E-state index is 11.0. The second-order valence-corrected chi connectivity index (χ2v) is 7.67. The molecule has 2 rings (SSSR count). The highest BCUT2D eigenvalue weighted by molar-refractivity contribution is 5.84. The summed E-state index contributed by atoms with van der Waals surface area (Å²) in [4.78, 5) is 11.0. The average Bonchev–Trinajstić information content (AvgIpc) is 2.83. The standard InChI is InChI=1S/C14H20O3.C13H20O2/c1-4-5-6-7-11-8-13(16-2)12(10-15)14(9-11)17-3;1-4-5-6-7-11-8-12(14-2)10-13(9-11)15-3/h8-10H,4-7H2,1-3H3;8-10H,4-7H2,1-3H3. The number of ether oxygens (including phenoxy) is 4. The summed E-state index contributed by atoms with van der Waals surface area (Å²) in [7, 11) is 6.50. The van der Waals surface area contributed by atoms with Crippen molar-refractivity contribution in [2.45, 2.75) is 65.2 Å². The van der Waals surface area contributed by atoms with E-state index in [9.17, 15) is 4.79 Å². The van der Waals surface area contributed by atoms with E-state index in [2.05, 4.69) is 26.0 Å². The second-order valence-electron chi connectivity index (χ2n) is 7.67. The lowest BCUT2D eigenvalue weighted by atomic mass is 10.0. The van der Waals surface area contributed by atoms with Gasteiger partial charge in [0.2, 0.25) is 0 Å². The van der Waals surface area contributed by atoms with Crippen LogP contribution in [0.1, 0.15) is 73.9 Å². The van der Waals surface area contributed by atoms with Crippen LogP contribution in [0.15, 0.2) is 30.3 Å². The molecular formula is C27H40O5. The number of hydrogen-bond donors (Lipinski definition) is 0. The van der Waals surface area contributed by atoms with E-state index in [0.717, 1.165) is 42.6 Å². The predicted octanol–water partition coefficient (Wildman–Crippen LogP) is 6.69. The number of aryl methyl sites for hydroxylation is 2. The Morgan fingerprint density at radius 2 is 1.06 bits per heavy atom. The highest BCUT2D eigenvalue weighted by Crippen LogP contribution is 2.29. The first-order chi connectivity index (χ1) is 15.6. The zero-order valence-electron chi connectivity index (χ0n) is 20.7. The molecule has 178 valence electrons. The number of carbonyl (C=O) groups excluding carboxylic acids is 1. The Kier molecular flexibility index (Phi) is 13.7. The van der Waals surface area contributed by atoms with Gasteiger partial charge < -0.3 is 18.9 Å². The van der Waals surface area contributed by atoms with Crippen LogP contribution in [0.3, 0.4) is 0 Å². The predicted molar refractivity (Wildman–Crippen MR) is 131 cm³/mol. The van der Waals surface area contributed by atoms with Gasteiger partial charge in [-0.3, -0.25) is 4.79 Å². The van der Waals surface area contributed by atoms with Gasteiger partial charge in [-0.2, -0.15) is 0 Å². The Morgan fingerprint density at radius 3 is 1.41 bits per heavy atom. The van der Waals surface area contributed by atoms with Crippen LogP contribution in [0.4, 0.5) is 0 Å². The largest absolute Gasteiger partial charge is 0.497 e. The summed E-state index contributed by atoms with van der Waals surface area (Å²) in [6.07, 6.45) is 10.2. The van der Waals surface area contributed by atoms with E-state index in [1.54, 1.807) is 28.4 Å². The Hall–Kier alpha value is -2.69. The SMILES string of the molecule is CCCCCc1cc(OC)c(C=O)c(OC)c1.CCCCCc1cc(OC)cc(OC)c1. The van der Waals surface area contributed by atoms with E-state index in [1.165, 1.54) is 37.7 Å². The molecule has 2 aromatic rings. The van der Waals surface area contributed by atoms with E-state index >= 15 is 0 Å². The van der Waals surface area contributed by atoms with Gasteiger partial charge in [0.15, 0.2) is 6.29 Å².